The number of amides is 3. The number of carboxylic acid groups (broad SMARTS) is 1. The number of hydrogen-bond donors (Lipinski definition) is 4. The molecule has 0 aliphatic heterocycles. The Balaban J connectivity index is 0.00000284. The van der Waals surface area contributed by atoms with E-state index in [0.29, 0.717) is 11.4 Å². The summed E-state index contributed by atoms with van der Waals surface area (Å²) in [6.45, 7) is 12.3. The van der Waals surface area contributed by atoms with Crippen LogP contribution in [0.15, 0.2) is 35.7 Å². The predicted molar refractivity (Wildman–Crippen MR) is 176 cm³/mol. The number of nitrogens with zero attached hydrogens (tertiary/aromatic N) is 2. The third-order valence-electron chi connectivity index (χ3n) is 6.59. The average molecular weight is 636 g/mol. The highest BCUT2D eigenvalue weighted by atomic mass is 32.1. The summed E-state index contributed by atoms with van der Waals surface area (Å²) >= 11 is 1.23. The Hall–Kier alpha value is -3.35. The number of benzene rings is 1. The van der Waals surface area contributed by atoms with Crippen LogP contribution in [-0.4, -0.2) is 85.1 Å². The molecule has 0 saturated heterocycles. The zero-order chi connectivity index (χ0) is 33.7. The topological polar surface area (TPSA) is 150 Å². The lowest BCUT2D eigenvalue weighted by molar-refractivity contribution is -0.139. The Morgan fingerprint density at radius 3 is 2.16 bits per heavy atom. The number of carbonyl (C=O) groups excluding carboxylic acids is 3. The minimum Gasteiger partial charge on any atom is -0.480 e. The van der Waals surface area contributed by atoms with E-state index in [1.807, 2.05) is 45.9 Å². The number of aromatic nitrogens is 1. The molecule has 1 heterocycles. The van der Waals surface area contributed by atoms with Gasteiger partial charge in [-0.25, -0.2) is 9.78 Å². The van der Waals surface area contributed by atoms with Gasteiger partial charge in [0.25, 0.3) is 5.91 Å². The first kappa shape index (κ1) is 40.6. The molecule has 0 radical (unpaired) electrons. The van der Waals surface area contributed by atoms with Gasteiger partial charge in [0.2, 0.25) is 11.8 Å². The minimum atomic E-state index is -1.14. The zero-order valence-corrected chi connectivity index (χ0v) is 28.6. The van der Waals surface area contributed by atoms with Gasteiger partial charge in [-0.15, -0.1) is 11.3 Å². The van der Waals surface area contributed by atoms with Gasteiger partial charge in [-0.3, -0.25) is 14.4 Å². The van der Waals surface area contributed by atoms with Crippen LogP contribution in [0.2, 0.25) is 0 Å². The van der Waals surface area contributed by atoms with E-state index in [2.05, 4.69) is 34.8 Å². The van der Waals surface area contributed by atoms with E-state index in [4.69, 9.17) is 4.74 Å². The van der Waals surface area contributed by atoms with Gasteiger partial charge in [-0.05, 0) is 18.5 Å². The normalized spacial score (nSPS) is 12.4. The van der Waals surface area contributed by atoms with Crippen LogP contribution in [0.3, 0.4) is 0 Å². The average Bonchev–Trinajstić information content (AvgIpc) is 3.51. The molecule has 248 valence electrons. The van der Waals surface area contributed by atoms with Crippen molar-refractivity contribution in [2.75, 3.05) is 34.3 Å². The van der Waals surface area contributed by atoms with Gasteiger partial charge in [0.1, 0.15) is 22.8 Å². The van der Waals surface area contributed by atoms with Crippen LogP contribution in [0.1, 0.15) is 88.0 Å². The summed E-state index contributed by atoms with van der Waals surface area (Å²) < 4.78 is 5.67. The summed E-state index contributed by atoms with van der Waals surface area (Å²) in [5.74, 6) is -2.16. The molecule has 0 aliphatic rings. The Labute approximate surface area is 267 Å². The molecule has 1 aromatic heterocycles. The van der Waals surface area contributed by atoms with Gasteiger partial charge >= 0.3 is 5.97 Å². The summed E-state index contributed by atoms with van der Waals surface area (Å²) in [5, 5.41) is 19.6. The van der Waals surface area contributed by atoms with Crippen molar-refractivity contribution >= 4 is 35.0 Å². The molecule has 0 spiro atoms. The Kier molecular flexibility index (Phi) is 21.3. The number of hydrogen-bond acceptors (Lipinski definition) is 8. The number of likely N-dealkylation sites (N-methyl/N-ethyl adjacent to an activating group) is 2. The smallest absolute Gasteiger partial charge is 0.326 e. The molecule has 0 bridgehead atoms. The van der Waals surface area contributed by atoms with E-state index in [9.17, 15) is 24.3 Å². The van der Waals surface area contributed by atoms with Crippen molar-refractivity contribution in [3.05, 3.63) is 52.0 Å². The van der Waals surface area contributed by atoms with Gasteiger partial charge in [0.15, 0.2) is 0 Å². The first-order chi connectivity index (χ1) is 21.0. The highest BCUT2D eigenvalue weighted by Gasteiger charge is 2.29. The largest absolute Gasteiger partial charge is 0.480 e. The molecule has 3 amide bonds. The van der Waals surface area contributed by atoms with E-state index >= 15 is 0 Å². The Morgan fingerprint density at radius 2 is 1.66 bits per heavy atom. The minimum absolute atomic E-state index is 0.0756. The number of carbonyl (C=O) groups is 4. The van der Waals surface area contributed by atoms with Crippen LogP contribution in [0.5, 0.6) is 0 Å². The third-order valence-corrected chi connectivity index (χ3v) is 7.53. The van der Waals surface area contributed by atoms with Crippen molar-refractivity contribution in [3.63, 3.8) is 0 Å². The monoisotopic (exact) mass is 635 g/mol. The van der Waals surface area contributed by atoms with Crippen LogP contribution in [0, 0.1) is 5.92 Å². The van der Waals surface area contributed by atoms with E-state index < -0.39 is 24.0 Å². The second-order valence-corrected chi connectivity index (χ2v) is 11.1. The van der Waals surface area contributed by atoms with Crippen molar-refractivity contribution in [3.8, 4) is 0 Å². The number of methoxy groups -OCH3 is 1. The molecule has 2 rings (SSSR count). The molecule has 0 saturated carbocycles. The maximum absolute atomic E-state index is 12.8. The van der Waals surface area contributed by atoms with Gasteiger partial charge < -0.3 is 30.7 Å². The number of rotatable bonds is 16. The lowest BCUT2D eigenvalue weighted by Crippen LogP contribution is -2.47. The highest BCUT2D eigenvalue weighted by Crippen LogP contribution is 2.29. The molecule has 3 atom stereocenters. The first-order valence-corrected chi connectivity index (χ1v) is 16.1. The predicted octanol–water partition coefficient (Wildman–Crippen LogP) is 4.30. The van der Waals surface area contributed by atoms with Crippen LogP contribution in [-0.2, 0) is 25.5 Å². The summed E-state index contributed by atoms with van der Waals surface area (Å²) in [7, 11) is 4.86. The van der Waals surface area contributed by atoms with Gasteiger partial charge in [0.05, 0.1) is 13.1 Å². The fourth-order valence-corrected chi connectivity index (χ4v) is 4.81. The molecule has 1 aromatic carbocycles. The van der Waals surface area contributed by atoms with E-state index in [1.165, 1.54) is 31.3 Å². The van der Waals surface area contributed by atoms with Gasteiger partial charge in [-0.2, -0.15) is 0 Å². The molecule has 4 N–H and O–H groups in total. The number of aliphatic carboxylic acids is 1. The summed E-state index contributed by atoms with van der Waals surface area (Å²) in [6, 6.07) is 7.72. The Morgan fingerprint density at radius 1 is 1.05 bits per heavy atom. The standard InChI is InChI=1S/C26H37N5O6S.C4H10.C2H6/c1-16(2)20(31(4)23(33)14-28-22(32)13-27-3)12-21(37-5)25-30-19(15-38-25)24(34)29-18(26(35)36)11-17-9-7-6-8-10-17;1-3-4-2;1-2/h6-10,15-16,18,20-21,27H,11-14H2,1-5H3,(H,28,32)(H,29,34)(H,35,36);3-4H2,1-2H3;1-2H3. The van der Waals surface area contributed by atoms with Crippen molar-refractivity contribution in [1.82, 2.24) is 25.8 Å². The molecule has 44 heavy (non-hydrogen) atoms. The van der Waals surface area contributed by atoms with Crippen molar-refractivity contribution in [1.29, 1.82) is 0 Å². The molecule has 0 aliphatic carbocycles. The summed E-state index contributed by atoms with van der Waals surface area (Å²) in [6.07, 6.45) is 2.70. The molecular weight excluding hydrogens is 582 g/mol. The zero-order valence-electron chi connectivity index (χ0n) is 27.8. The number of nitrogens with one attached hydrogen (secondary N) is 3. The molecule has 11 nitrogen and oxygen atoms in total. The quantitative estimate of drug-likeness (QED) is 0.213. The maximum Gasteiger partial charge on any atom is 0.326 e. The lowest BCUT2D eigenvalue weighted by Gasteiger charge is -2.33. The number of thiazole rings is 1. The van der Waals surface area contributed by atoms with Crippen molar-refractivity contribution in [2.24, 2.45) is 5.92 Å². The maximum atomic E-state index is 12.8. The second kappa shape index (κ2) is 23.1. The van der Waals surface area contributed by atoms with Crippen LogP contribution >= 0.6 is 11.3 Å². The summed E-state index contributed by atoms with van der Waals surface area (Å²) in [4.78, 5) is 55.0. The Bertz CT molecular complexity index is 1110. The van der Waals surface area contributed by atoms with Crippen molar-refractivity contribution < 1.29 is 29.0 Å². The molecule has 3 unspecified atom stereocenters. The van der Waals surface area contributed by atoms with Gasteiger partial charge in [0, 0.05) is 38.4 Å². The molecule has 2 aromatic rings. The number of carboxylic acids is 1. The van der Waals surface area contributed by atoms with E-state index in [-0.39, 0.29) is 49.0 Å². The van der Waals surface area contributed by atoms with Crippen LogP contribution < -0.4 is 16.0 Å². The fourth-order valence-electron chi connectivity index (χ4n) is 3.92. The second-order valence-electron chi connectivity index (χ2n) is 10.2. The van der Waals surface area contributed by atoms with Gasteiger partial charge in [-0.1, -0.05) is 84.7 Å². The van der Waals surface area contributed by atoms with Crippen LogP contribution in [0.25, 0.3) is 0 Å². The molecule has 0 fully saturated rings. The lowest BCUT2D eigenvalue weighted by atomic mass is 9.96. The molecule has 12 heteroatoms. The van der Waals surface area contributed by atoms with E-state index in [1.54, 1.807) is 36.5 Å². The number of unbranched alkanes of at least 4 members (excludes halogenated alkanes) is 1. The molecular formula is C32H53N5O6S. The summed E-state index contributed by atoms with van der Waals surface area (Å²) in [5.41, 5.74) is 0.891. The SMILES string of the molecule is CC.CCCC.CNCC(=O)NCC(=O)N(C)C(CC(OC)c1nc(C(=O)NC(Cc2ccccc2)C(=O)O)cs1)C(C)C. The fraction of sp³-hybridized carbons (Fsp3) is 0.594. The van der Waals surface area contributed by atoms with Crippen LogP contribution in [0.4, 0.5) is 0 Å². The highest BCUT2D eigenvalue weighted by molar-refractivity contribution is 7.09. The number of ether oxygens (including phenoxy) is 1. The third kappa shape index (κ3) is 14.9. The first-order valence-electron chi connectivity index (χ1n) is 15.2. The van der Waals surface area contributed by atoms with Crippen molar-refractivity contribution in [2.45, 2.75) is 85.4 Å². The van der Waals surface area contributed by atoms with E-state index in [0.717, 1.165) is 5.56 Å².